The second-order valence-electron chi connectivity index (χ2n) is 2.37. The molecule has 0 aromatic carbocycles. The Balaban J connectivity index is 3.27. The zero-order valence-corrected chi connectivity index (χ0v) is 7.03. The highest BCUT2D eigenvalue weighted by Gasteiger charge is 2.27. The van der Waals surface area contributed by atoms with Crippen molar-refractivity contribution in [2.24, 2.45) is 0 Å². The molecule has 0 aliphatic heterocycles. The standard InChI is InChI=1S/C9H8O4/c1-3-5-8(12)6(10)4-7(11)9(5)13-2/h3-4,10H,1H2,2H3. The third-order valence-corrected chi connectivity index (χ3v) is 1.62. The van der Waals surface area contributed by atoms with Crippen LogP contribution in [0.5, 0.6) is 0 Å². The van der Waals surface area contributed by atoms with Crippen LogP contribution in [0.15, 0.2) is 35.8 Å². The number of aliphatic hydroxyl groups is 1. The van der Waals surface area contributed by atoms with Gasteiger partial charge in [0.05, 0.1) is 12.7 Å². The van der Waals surface area contributed by atoms with Gasteiger partial charge in [-0.2, -0.15) is 0 Å². The Morgan fingerprint density at radius 3 is 2.62 bits per heavy atom. The summed E-state index contributed by atoms with van der Waals surface area (Å²) in [6, 6.07) is 0. The predicted molar refractivity (Wildman–Crippen MR) is 45.0 cm³/mol. The van der Waals surface area contributed by atoms with Crippen LogP contribution in [0.3, 0.4) is 0 Å². The predicted octanol–water partition coefficient (Wildman–Crippen LogP) is 0.667. The molecule has 0 unspecified atom stereocenters. The molecular weight excluding hydrogens is 172 g/mol. The van der Waals surface area contributed by atoms with Crippen LogP contribution in [-0.4, -0.2) is 23.8 Å². The number of hydrogen-bond donors (Lipinski definition) is 1. The molecule has 0 saturated carbocycles. The Morgan fingerprint density at radius 1 is 1.54 bits per heavy atom. The first-order valence-corrected chi connectivity index (χ1v) is 3.52. The minimum Gasteiger partial charge on any atom is -0.504 e. The van der Waals surface area contributed by atoms with Gasteiger partial charge >= 0.3 is 0 Å². The number of allylic oxidation sites excluding steroid dienone is 3. The van der Waals surface area contributed by atoms with Crippen LogP contribution in [0.2, 0.25) is 0 Å². The van der Waals surface area contributed by atoms with Crippen LogP contribution in [0.25, 0.3) is 0 Å². The quantitative estimate of drug-likeness (QED) is 0.634. The number of carbonyl (C=O) groups is 2. The van der Waals surface area contributed by atoms with Gasteiger partial charge in [-0.3, -0.25) is 9.59 Å². The lowest BCUT2D eigenvalue weighted by molar-refractivity contribution is -0.119. The first-order valence-electron chi connectivity index (χ1n) is 3.52. The fourth-order valence-corrected chi connectivity index (χ4v) is 1.03. The van der Waals surface area contributed by atoms with Gasteiger partial charge in [-0.1, -0.05) is 12.7 Å². The maximum absolute atomic E-state index is 11.2. The second kappa shape index (κ2) is 3.26. The summed E-state index contributed by atoms with van der Waals surface area (Å²) in [6.45, 7) is 3.35. The van der Waals surface area contributed by atoms with Crippen molar-refractivity contribution in [2.75, 3.05) is 7.11 Å². The normalized spacial score (nSPS) is 17.2. The van der Waals surface area contributed by atoms with Gasteiger partial charge in [0.2, 0.25) is 11.6 Å². The molecule has 68 valence electrons. The average molecular weight is 180 g/mol. The van der Waals surface area contributed by atoms with E-state index in [9.17, 15) is 9.59 Å². The summed E-state index contributed by atoms with van der Waals surface area (Å²) in [5.74, 6) is -1.85. The molecule has 4 nitrogen and oxygen atoms in total. The van der Waals surface area contributed by atoms with Crippen molar-refractivity contribution in [3.8, 4) is 0 Å². The number of hydrogen-bond acceptors (Lipinski definition) is 4. The van der Waals surface area contributed by atoms with E-state index in [1.807, 2.05) is 0 Å². The average Bonchev–Trinajstić information content (AvgIpc) is 2.10. The molecule has 0 radical (unpaired) electrons. The van der Waals surface area contributed by atoms with Crippen LogP contribution in [-0.2, 0) is 14.3 Å². The molecule has 0 atom stereocenters. The van der Waals surface area contributed by atoms with Crippen molar-refractivity contribution in [3.05, 3.63) is 35.8 Å². The van der Waals surface area contributed by atoms with E-state index in [1.165, 1.54) is 13.2 Å². The SMILES string of the molecule is C=CC1=C(OC)C(=O)C=C(O)C1=O. The van der Waals surface area contributed by atoms with Crippen molar-refractivity contribution >= 4 is 11.6 Å². The van der Waals surface area contributed by atoms with Gasteiger partial charge in [-0.05, 0) is 0 Å². The third kappa shape index (κ3) is 1.38. The smallest absolute Gasteiger partial charge is 0.231 e. The molecule has 1 aliphatic carbocycles. The first kappa shape index (κ1) is 9.25. The molecule has 0 fully saturated rings. The van der Waals surface area contributed by atoms with Gasteiger partial charge in [-0.25, -0.2) is 0 Å². The Hall–Kier alpha value is -1.84. The van der Waals surface area contributed by atoms with Crippen molar-refractivity contribution in [1.29, 1.82) is 0 Å². The van der Waals surface area contributed by atoms with E-state index in [4.69, 9.17) is 9.84 Å². The van der Waals surface area contributed by atoms with Gasteiger partial charge in [0.15, 0.2) is 11.5 Å². The molecule has 1 aliphatic rings. The third-order valence-electron chi connectivity index (χ3n) is 1.62. The first-order chi connectivity index (χ1) is 6.11. The van der Waals surface area contributed by atoms with Gasteiger partial charge in [0.25, 0.3) is 0 Å². The molecule has 13 heavy (non-hydrogen) atoms. The number of rotatable bonds is 2. The fraction of sp³-hybridized carbons (Fsp3) is 0.111. The zero-order chi connectivity index (χ0) is 10.0. The molecule has 0 bridgehead atoms. The van der Waals surface area contributed by atoms with Crippen LogP contribution in [0.1, 0.15) is 0 Å². The number of ketones is 2. The summed E-state index contributed by atoms with van der Waals surface area (Å²) < 4.78 is 4.71. The Kier molecular flexibility index (Phi) is 2.32. The van der Waals surface area contributed by atoms with Crippen molar-refractivity contribution in [1.82, 2.24) is 0 Å². The van der Waals surface area contributed by atoms with Crippen LogP contribution in [0, 0.1) is 0 Å². The number of carbonyl (C=O) groups excluding carboxylic acids is 2. The van der Waals surface area contributed by atoms with Crippen LogP contribution in [0.4, 0.5) is 0 Å². The Labute approximate surface area is 74.8 Å². The van der Waals surface area contributed by atoms with E-state index in [2.05, 4.69) is 6.58 Å². The largest absolute Gasteiger partial charge is 0.504 e. The van der Waals surface area contributed by atoms with Crippen molar-refractivity contribution in [2.45, 2.75) is 0 Å². The molecule has 1 rings (SSSR count). The number of ether oxygens (including phenoxy) is 1. The lowest BCUT2D eigenvalue weighted by atomic mass is 10.0. The van der Waals surface area contributed by atoms with Crippen LogP contribution < -0.4 is 0 Å². The summed E-state index contributed by atoms with van der Waals surface area (Å²) in [6.07, 6.45) is 2.01. The summed E-state index contributed by atoms with van der Waals surface area (Å²) in [5.41, 5.74) is -0.00694. The van der Waals surface area contributed by atoms with E-state index in [-0.39, 0.29) is 11.3 Å². The molecular formula is C9H8O4. The van der Waals surface area contributed by atoms with Gasteiger partial charge in [0, 0.05) is 6.08 Å². The lowest BCUT2D eigenvalue weighted by Crippen LogP contribution is -2.19. The number of Topliss-reactive ketones (excluding diaryl/α,β-unsaturated/α-hetero) is 1. The minimum atomic E-state index is -0.647. The lowest BCUT2D eigenvalue weighted by Gasteiger charge is -2.11. The van der Waals surface area contributed by atoms with Crippen molar-refractivity contribution < 1.29 is 19.4 Å². The van der Waals surface area contributed by atoms with E-state index in [0.717, 1.165) is 6.08 Å². The van der Waals surface area contributed by atoms with E-state index < -0.39 is 17.3 Å². The number of aliphatic hydroxyl groups excluding tert-OH is 1. The van der Waals surface area contributed by atoms with Gasteiger partial charge in [-0.15, -0.1) is 0 Å². The second-order valence-corrected chi connectivity index (χ2v) is 2.37. The molecule has 1 N–H and O–H groups in total. The number of methoxy groups -OCH3 is 1. The highest BCUT2D eigenvalue weighted by molar-refractivity contribution is 6.22. The maximum Gasteiger partial charge on any atom is 0.231 e. The molecule has 0 heterocycles. The maximum atomic E-state index is 11.2. The minimum absolute atomic E-state index is 0.00694. The molecule has 0 aromatic heterocycles. The monoisotopic (exact) mass is 180 g/mol. The van der Waals surface area contributed by atoms with E-state index >= 15 is 0 Å². The highest BCUT2D eigenvalue weighted by atomic mass is 16.5. The molecule has 0 aromatic rings. The van der Waals surface area contributed by atoms with Crippen LogP contribution >= 0.6 is 0 Å². The van der Waals surface area contributed by atoms with Gasteiger partial charge in [0.1, 0.15) is 0 Å². The summed E-state index contributed by atoms with van der Waals surface area (Å²) >= 11 is 0. The molecule has 0 spiro atoms. The van der Waals surface area contributed by atoms with E-state index in [0.29, 0.717) is 0 Å². The molecule has 0 saturated heterocycles. The fourth-order valence-electron chi connectivity index (χ4n) is 1.03. The Morgan fingerprint density at radius 2 is 2.15 bits per heavy atom. The molecule has 0 amide bonds. The zero-order valence-electron chi connectivity index (χ0n) is 7.03. The summed E-state index contributed by atoms with van der Waals surface area (Å²) in [4.78, 5) is 22.3. The highest BCUT2D eigenvalue weighted by Crippen LogP contribution is 2.18. The van der Waals surface area contributed by atoms with E-state index in [1.54, 1.807) is 0 Å². The topological polar surface area (TPSA) is 63.6 Å². The Bertz CT molecular complexity index is 347. The van der Waals surface area contributed by atoms with Gasteiger partial charge < -0.3 is 9.84 Å². The summed E-state index contributed by atoms with van der Waals surface area (Å²) in [5, 5.41) is 9.02. The molecule has 4 heteroatoms. The van der Waals surface area contributed by atoms with Crippen molar-refractivity contribution in [3.63, 3.8) is 0 Å². The summed E-state index contributed by atoms with van der Waals surface area (Å²) in [7, 11) is 1.28.